The summed E-state index contributed by atoms with van der Waals surface area (Å²) in [6.45, 7) is 0.359. The van der Waals surface area contributed by atoms with Crippen LogP contribution < -0.4 is 10.1 Å². The average Bonchev–Trinajstić information content (AvgIpc) is 2.80. The molecule has 0 bridgehead atoms. The van der Waals surface area contributed by atoms with E-state index >= 15 is 0 Å². The van der Waals surface area contributed by atoms with E-state index in [9.17, 15) is 8.78 Å². The zero-order valence-electron chi connectivity index (χ0n) is 12.0. The molecule has 1 N–H and O–H groups in total. The molecule has 1 unspecified atom stereocenters. The number of hydrogen-bond donors (Lipinski definition) is 1. The van der Waals surface area contributed by atoms with Gasteiger partial charge in [-0.3, -0.25) is 0 Å². The highest BCUT2D eigenvalue weighted by Crippen LogP contribution is 2.37. The number of anilines is 1. The molecule has 0 aliphatic carbocycles. The second-order valence-electron chi connectivity index (χ2n) is 5.41. The molecule has 20 heavy (non-hydrogen) atoms. The van der Waals surface area contributed by atoms with Crippen LogP contribution in [0.25, 0.3) is 0 Å². The van der Waals surface area contributed by atoms with Crippen LogP contribution in [0.15, 0.2) is 18.2 Å². The number of halogens is 2. The molecule has 1 heterocycles. The molecule has 0 saturated carbocycles. The lowest BCUT2D eigenvalue weighted by Gasteiger charge is -2.11. The molecular weight excluding hydrogens is 260 g/mol. The lowest BCUT2D eigenvalue weighted by Crippen LogP contribution is -2.03. The number of unbranched alkanes of at least 4 members (excludes halogenated alkanes) is 4. The van der Waals surface area contributed by atoms with Gasteiger partial charge in [-0.1, -0.05) is 39.0 Å². The molecule has 1 aromatic carbocycles. The van der Waals surface area contributed by atoms with E-state index < -0.39 is 6.61 Å². The summed E-state index contributed by atoms with van der Waals surface area (Å²) in [7, 11) is 0. The molecule has 2 rings (SSSR count). The summed E-state index contributed by atoms with van der Waals surface area (Å²) in [6.07, 6.45) is 7.41. The van der Waals surface area contributed by atoms with Gasteiger partial charge >= 0.3 is 6.61 Å². The predicted molar refractivity (Wildman–Crippen MR) is 77.7 cm³/mol. The maximum atomic E-state index is 12.3. The molecule has 1 aromatic rings. The van der Waals surface area contributed by atoms with Gasteiger partial charge in [-0.15, -0.1) is 0 Å². The highest BCUT2D eigenvalue weighted by atomic mass is 19.3. The Kier molecular flexibility index (Phi) is 5.62. The van der Waals surface area contributed by atoms with Crippen molar-refractivity contribution in [2.75, 3.05) is 11.9 Å². The van der Waals surface area contributed by atoms with Gasteiger partial charge in [0.05, 0.1) is 0 Å². The van der Waals surface area contributed by atoms with Crippen molar-refractivity contribution in [3.63, 3.8) is 0 Å². The fourth-order valence-electron chi connectivity index (χ4n) is 2.81. The Morgan fingerprint density at radius 3 is 2.80 bits per heavy atom. The first-order valence-electron chi connectivity index (χ1n) is 7.53. The first-order chi connectivity index (χ1) is 9.70. The highest BCUT2D eigenvalue weighted by Gasteiger charge is 2.22. The van der Waals surface area contributed by atoms with Crippen LogP contribution in [-0.4, -0.2) is 13.2 Å². The van der Waals surface area contributed by atoms with Gasteiger partial charge in [0.15, 0.2) is 0 Å². The second kappa shape index (κ2) is 7.46. The van der Waals surface area contributed by atoms with Crippen LogP contribution in [-0.2, 0) is 0 Å². The minimum absolute atomic E-state index is 0.262. The summed E-state index contributed by atoms with van der Waals surface area (Å²) in [5.41, 5.74) is 2.18. The molecule has 0 aromatic heterocycles. The molecule has 1 atom stereocenters. The van der Waals surface area contributed by atoms with Gasteiger partial charge in [0, 0.05) is 18.2 Å². The lowest BCUT2D eigenvalue weighted by molar-refractivity contribution is -0.0498. The van der Waals surface area contributed by atoms with Crippen LogP contribution in [0.5, 0.6) is 5.75 Å². The second-order valence-corrected chi connectivity index (χ2v) is 5.41. The van der Waals surface area contributed by atoms with Gasteiger partial charge in [0.1, 0.15) is 5.75 Å². The third-order valence-corrected chi connectivity index (χ3v) is 3.88. The standard InChI is InChI=1S/C16H23F2NO/c1-2-3-4-5-6-7-12-11-19-15-9-8-13(10-14(12)15)20-16(17)18/h8-10,12,16,19H,2-7,11H2,1H3. The Balaban J connectivity index is 1.89. The number of ether oxygens (including phenoxy) is 1. The largest absolute Gasteiger partial charge is 0.435 e. The van der Waals surface area contributed by atoms with E-state index in [4.69, 9.17) is 0 Å². The topological polar surface area (TPSA) is 21.3 Å². The summed E-state index contributed by atoms with van der Waals surface area (Å²) in [5, 5.41) is 3.34. The van der Waals surface area contributed by atoms with Crippen LogP contribution in [0.2, 0.25) is 0 Å². The number of fused-ring (bicyclic) bond motifs is 1. The number of rotatable bonds is 8. The molecule has 0 spiro atoms. The number of hydrogen-bond acceptors (Lipinski definition) is 2. The summed E-state index contributed by atoms with van der Waals surface area (Å²) in [5.74, 6) is 0.686. The van der Waals surface area contributed by atoms with Gasteiger partial charge in [-0.05, 0) is 30.2 Å². The van der Waals surface area contributed by atoms with Crippen molar-refractivity contribution >= 4 is 5.69 Å². The Hall–Kier alpha value is -1.32. The van der Waals surface area contributed by atoms with E-state index in [1.54, 1.807) is 12.1 Å². The molecule has 112 valence electrons. The van der Waals surface area contributed by atoms with Crippen molar-refractivity contribution in [1.29, 1.82) is 0 Å². The number of alkyl halides is 2. The molecule has 0 fully saturated rings. The van der Waals surface area contributed by atoms with Crippen LogP contribution in [0.3, 0.4) is 0 Å². The quantitative estimate of drug-likeness (QED) is 0.665. The van der Waals surface area contributed by atoms with E-state index in [-0.39, 0.29) is 5.75 Å². The zero-order chi connectivity index (χ0) is 14.4. The SMILES string of the molecule is CCCCCCCC1CNc2ccc(OC(F)F)cc21. The molecule has 2 nitrogen and oxygen atoms in total. The fraction of sp³-hybridized carbons (Fsp3) is 0.625. The van der Waals surface area contributed by atoms with Crippen molar-refractivity contribution in [1.82, 2.24) is 0 Å². The first-order valence-corrected chi connectivity index (χ1v) is 7.53. The highest BCUT2D eigenvalue weighted by molar-refractivity contribution is 5.60. The summed E-state index contributed by atoms with van der Waals surface area (Å²) < 4.78 is 29.0. The van der Waals surface area contributed by atoms with Crippen LogP contribution in [0.4, 0.5) is 14.5 Å². The summed E-state index contributed by atoms with van der Waals surface area (Å²) in [4.78, 5) is 0. The van der Waals surface area contributed by atoms with Crippen molar-refractivity contribution in [2.45, 2.75) is 58.0 Å². The smallest absolute Gasteiger partial charge is 0.387 e. The van der Waals surface area contributed by atoms with Crippen LogP contribution in [0, 0.1) is 0 Å². The minimum atomic E-state index is -2.75. The van der Waals surface area contributed by atoms with E-state index in [0.29, 0.717) is 5.92 Å². The number of benzene rings is 1. The monoisotopic (exact) mass is 283 g/mol. The summed E-state index contributed by atoms with van der Waals surface area (Å²) >= 11 is 0. The normalized spacial score (nSPS) is 17.1. The average molecular weight is 283 g/mol. The van der Waals surface area contributed by atoms with E-state index in [1.807, 2.05) is 6.07 Å². The van der Waals surface area contributed by atoms with Crippen molar-refractivity contribution < 1.29 is 13.5 Å². The minimum Gasteiger partial charge on any atom is -0.435 e. The third-order valence-electron chi connectivity index (χ3n) is 3.88. The lowest BCUT2D eigenvalue weighted by atomic mass is 9.94. The maximum Gasteiger partial charge on any atom is 0.387 e. The maximum absolute atomic E-state index is 12.3. The Morgan fingerprint density at radius 1 is 1.25 bits per heavy atom. The molecule has 1 aliphatic heterocycles. The van der Waals surface area contributed by atoms with E-state index in [1.165, 1.54) is 32.1 Å². The zero-order valence-corrected chi connectivity index (χ0v) is 12.0. The van der Waals surface area contributed by atoms with Crippen molar-refractivity contribution in [3.8, 4) is 5.75 Å². The Labute approximate surface area is 119 Å². The van der Waals surface area contributed by atoms with Gasteiger partial charge in [0.2, 0.25) is 0 Å². The van der Waals surface area contributed by atoms with Gasteiger partial charge in [0.25, 0.3) is 0 Å². The molecule has 0 radical (unpaired) electrons. The van der Waals surface area contributed by atoms with Crippen LogP contribution >= 0.6 is 0 Å². The van der Waals surface area contributed by atoms with E-state index in [2.05, 4.69) is 17.0 Å². The van der Waals surface area contributed by atoms with Crippen molar-refractivity contribution in [2.24, 2.45) is 0 Å². The van der Waals surface area contributed by atoms with Crippen molar-refractivity contribution in [3.05, 3.63) is 23.8 Å². The van der Waals surface area contributed by atoms with Gasteiger partial charge < -0.3 is 10.1 Å². The molecule has 1 aliphatic rings. The third kappa shape index (κ3) is 4.09. The molecule has 0 saturated heterocycles. The van der Waals surface area contributed by atoms with Gasteiger partial charge in [-0.25, -0.2) is 0 Å². The van der Waals surface area contributed by atoms with Gasteiger partial charge in [-0.2, -0.15) is 8.78 Å². The molecule has 0 amide bonds. The Morgan fingerprint density at radius 2 is 2.05 bits per heavy atom. The predicted octanol–water partition coefficient (Wildman–Crippen LogP) is 5.16. The first kappa shape index (κ1) is 15.1. The number of nitrogens with one attached hydrogen (secondary N) is 1. The van der Waals surface area contributed by atoms with E-state index in [0.717, 1.165) is 24.2 Å². The van der Waals surface area contributed by atoms with Crippen LogP contribution in [0.1, 0.15) is 56.9 Å². The summed E-state index contributed by atoms with van der Waals surface area (Å²) in [6, 6.07) is 5.20. The molecule has 4 heteroatoms. The Bertz CT molecular complexity index is 423. The fourth-order valence-corrected chi connectivity index (χ4v) is 2.81. The molecular formula is C16H23F2NO.